The lowest BCUT2D eigenvalue weighted by Gasteiger charge is -2.13. The third-order valence-electron chi connectivity index (χ3n) is 3.60. The standard InChI is InChI=1S/C16H18ClN5O/c1-10(2)22-9-19-13-14(20-16(17)21-15(13)22)18-8-12(23)11-6-4-3-5-7-11/h3-7,9-10,12,23H,8H2,1-2H3,(H,18,20,21)/t12-/m0/s1. The molecule has 0 aliphatic rings. The van der Waals surface area contributed by atoms with Crippen molar-refractivity contribution in [3.8, 4) is 0 Å². The number of hydrogen-bond acceptors (Lipinski definition) is 5. The Balaban J connectivity index is 1.85. The number of halogens is 1. The molecule has 0 aliphatic heterocycles. The molecule has 23 heavy (non-hydrogen) atoms. The molecule has 0 radical (unpaired) electrons. The lowest BCUT2D eigenvalue weighted by molar-refractivity contribution is 0.191. The topological polar surface area (TPSA) is 75.9 Å². The molecule has 0 saturated carbocycles. The van der Waals surface area contributed by atoms with Crippen LogP contribution in [0.4, 0.5) is 5.82 Å². The molecule has 6 nitrogen and oxygen atoms in total. The molecular weight excluding hydrogens is 314 g/mol. The van der Waals surface area contributed by atoms with Gasteiger partial charge in [-0.05, 0) is 31.0 Å². The van der Waals surface area contributed by atoms with Crippen molar-refractivity contribution in [2.24, 2.45) is 0 Å². The van der Waals surface area contributed by atoms with Gasteiger partial charge in [-0.25, -0.2) is 4.98 Å². The molecule has 0 bridgehead atoms. The molecule has 0 fully saturated rings. The highest BCUT2D eigenvalue weighted by molar-refractivity contribution is 6.28. The highest BCUT2D eigenvalue weighted by Crippen LogP contribution is 2.24. The minimum absolute atomic E-state index is 0.150. The Morgan fingerprint density at radius 2 is 1.96 bits per heavy atom. The smallest absolute Gasteiger partial charge is 0.226 e. The zero-order valence-electron chi connectivity index (χ0n) is 12.9. The van der Waals surface area contributed by atoms with Crippen molar-refractivity contribution in [3.63, 3.8) is 0 Å². The number of fused-ring (bicyclic) bond motifs is 1. The molecule has 0 saturated heterocycles. The highest BCUT2D eigenvalue weighted by Gasteiger charge is 2.15. The maximum absolute atomic E-state index is 10.3. The molecule has 0 spiro atoms. The number of anilines is 1. The Morgan fingerprint density at radius 1 is 1.22 bits per heavy atom. The number of rotatable bonds is 5. The van der Waals surface area contributed by atoms with E-state index in [2.05, 4.69) is 20.3 Å². The van der Waals surface area contributed by atoms with Gasteiger partial charge in [0.15, 0.2) is 17.0 Å². The maximum Gasteiger partial charge on any atom is 0.226 e. The Kier molecular flexibility index (Phi) is 4.45. The predicted octanol–water partition coefficient (Wildman–Crippen LogP) is 3.21. The first-order chi connectivity index (χ1) is 11.1. The zero-order chi connectivity index (χ0) is 16.4. The Hall–Kier alpha value is -2.18. The van der Waals surface area contributed by atoms with Crippen LogP contribution < -0.4 is 5.32 Å². The van der Waals surface area contributed by atoms with E-state index in [1.54, 1.807) is 6.33 Å². The normalized spacial score (nSPS) is 12.7. The van der Waals surface area contributed by atoms with Crippen LogP contribution in [0.2, 0.25) is 5.28 Å². The lowest BCUT2D eigenvalue weighted by Crippen LogP contribution is -2.13. The van der Waals surface area contributed by atoms with Gasteiger partial charge in [0.05, 0.1) is 12.4 Å². The molecule has 2 aromatic heterocycles. The SMILES string of the molecule is CC(C)n1cnc2c(NC[C@H](O)c3ccccc3)nc(Cl)nc21. The van der Waals surface area contributed by atoms with E-state index < -0.39 is 6.10 Å². The first-order valence-corrected chi connectivity index (χ1v) is 7.81. The summed E-state index contributed by atoms with van der Waals surface area (Å²) in [4.78, 5) is 12.8. The van der Waals surface area contributed by atoms with Crippen molar-refractivity contribution in [2.75, 3.05) is 11.9 Å². The van der Waals surface area contributed by atoms with Crippen molar-refractivity contribution in [1.82, 2.24) is 19.5 Å². The molecule has 1 atom stereocenters. The fraction of sp³-hybridized carbons (Fsp3) is 0.312. The van der Waals surface area contributed by atoms with Crippen LogP contribution in [0.5, 0.6) is 0 Å². The summed E-state index contributed by atoms with van der Waals surface area (Å²) in [6, 6.07) is 9.67. The van der Waals surface area contributed by atoms with Gasteiger partial charge in [-0.3, -0.25) is 0 Å². The average Bonchev–Trinajstić information content (AvgIpc) is 2.97. The van der Waals surface area contributed by atoms with Crippen molar-refractivity contribution < 1.29 is 5.11 Å². The second-order valence-corrected chi connectivity index (χ2v) is 5.90. The van der Waals surface area contributed by atoms with Crippen molar-refractivity contribution in [1.29, 1.82) is 0 Å². The average molecular weight is 332 g/mol. The third-order valence-corrected chi connectivity index (χ3v) is 3.77. The van der Waals surface area contributed by atoms with E-state index in [1.165, 1.54) is 0 Å². The molecule has 0 aliphatic carbocycles. The number of nitrogens with one attached hydrogen (secondary N) is 1. The first-order valence-electron chi connectivity index (χ1n) is 7.43. The molecule has 3 aromatic rings. The summed E-state index contributed by atoms with van der Waals surface area (Å²) in [6.07, 6.45) is 1.08. The monoisotopic (exact) mass is 331 g/mol. The van der Waals surface area contributed by atoms with Crippen LogP contribution in [0, 0.1) is 0 Å². The summed E-state index contributed by atoms with van der Waals surface area (Å²) >= 11 is 6.02. The number of benzene rings is 1. The molecule has 2 N–H and O–H groups in total. The van der Waals surface area contributed by atoms with Crippen molar-refractivity contribution in [2.45, 2.75) is 26.0 Å². The molecule has 2 heterocycles. The Morgan fingerprint density at radius 3 is 2.65 bits per heavy atom. The molecule has 7 heteroatoms. The molecular formula is C16H18ClN5O. The summed E-state index contributed by atoms with van der Waals surface area (Å²) in [6.45, 7) is 4.40. The van der Waals surface area contributed by atoms with Gasteiger partial charge in [-0.1, -0.05) is 30.3 Å². The molecule has 3 rings (SSSR count). The summed E-state index contributed by atoms with van der Waals surface area (Å²) in [5, 5.41) is 13.5. The van der Waals surface area contributed by atoms with Crippen LogP contribution in [-0.2, 0) is 0 Å². The Labute approximate surface area is 139 Å². The van der Waals surface area contributed by atoms with Crippen LogP contribution >= 0.6 is 11.6 Å². The van der Waals surface area contributed by atoms with Gasteiger partial charge in [-0.15, -0.1) is 0 Å². The van der Waals surface area contributed by atoms with Gasteiger partial charge in [0.25, 0.3) is 0 Å². The van der Waals surface area contributed by atoms with Crippen LogP contribution in [0.15, 0.2) is 36.7 Å². The van der Waals surface area contributed by atoms with Crippen LogP contribution in [0.1, 0.15) is 31.6 Å². The quantitative estimate of drug-likeness (QED) is 0.702. The minimum Gasteiger partial charge on any atom is -0.387 e. The van der Waals surface area contributed by atoms with Crippen LogP contribution in [0.25, 0.3) is 11.2 Å². The highest BCUT2D eigenvalue weighted by atomic mass is 35.5. The second kappa shape index (κ2) is 6.52. The largest absolute Gasteiger partial charge is 0.387 e. The van der Waals surface area contributed by atoms with E-state index in [9.17, 15) is 5.11 Å². The minimum atomic E-state index is -0.646. The number of aliphatic hydroxyl groups is 1. The summed E-state index contributed by atoms with van der Waals surface area (Å²) in [5.74, 6) is 0.523. The number of aliphatic hydroxyl groups excluding tert-OH is 1. The maximum atomic E-state index is 10.3. The number of nitrogens with zero attached hydrogens (tertiary/aromatic N) is 4. The number of aromatic nitrogens is 4. The van der Waals surface area contributed by atoms with E-state index in [-0.39, 0.29) is 11.3 Å². The van der Waals surface area contributed by atoms with Gasteiger partial charge in [0, 0.05) is 12.6 Å². The lowest BCUT2D eigenvalue weighted by atomic mass is 10.1. The van der Waals surface area contributed by atoms with E-state index in [1.807, 2.05) is 48.7 Å². The zero-order valence-corrected chi connectivity index (χ0v) is 13.7. The van der Waals surface area contributed by atoms with Gasteiger partial charge in [0.2, 0.25) is 5.28 Å². The van der Waals surface area contributed by atoms with Crippen LogP contribution in [-0.4, -0.2) is 31.2 Å². The van der Waals surface area contributed by atoms with E-state index in [0.29, 0.717) is 23.5 Å². The molecule has 0 amide bonds. The van der Waals surface area contributed by atoms with Crippen molar-refractivity contribution in [3.05, 3.63) is 47.5 Å². The van der Waals surface area contributed by atoms with E-state index in [0.717, 1.165) is 5.56 Å². The van der Waals surface area contributed by atoms with Gasteiger partial charge in [-0.2, -0.15) is 9.97 Å². The van der Waals surface area contributed by atoms with Gasteiger partial charge < -0.3 is 15.0 Å². The molecule has 1 aromatic carbocycles. The number of hydrogen-bond donors (Lipinski definition) is 2. The van der Waals surface area contributed by atoms with Crippen molar-refractivity contribution >= 4 is 28.6 Å². The number of imidazole rings is 1. The summed E-state index contributed by atoms with van der Waals surface area (Å²) in [5.41, 5.74) is 2.16. The second-order valence-electron chi connectivity index (χ2n) is 5.57. The molecule has 120 valence electrons. The fourth-order valence-corrected chi connectivity index (χ4v) is 2.54. The summed E-state index contributed by atoms with van der Waals surface area (Å²) < 4.78 is 1.93. The van der Waals surface area contributed by atoms with Gasteiger partial charge in [0.1, 0.15) is 0 Å². The fourth-order valence-electron chi connectivity index (χ4n) is 2.38. The Bertz CT molecular complexity index is 803. The third kappa shape index (κ3) is 3.28. The van der Waals surface area contributed by atoms with E-state index >= 15 is 0 Å². The van der Waals surface area contributed by atoms with Crippen LogP contribution in [0.3, 0.4) is 0 Å². The van der Waals surface area contributed by atoms with Gasteiger partial charge >= 0.3 is 0 Å². The predicted molar refractivity (Wildman–Crippen MR) is 90.6 cm³/mol. The first kappa shape index (κ1) is 15.7. The van der Waals surface area contributed by atoms with E-state index in [4.69, 9.17) is 11.6 Å². The molecule has 0 unspecified atom stereocenters. The summed E-state index contributed by atoms with van der Waals surface area (Å²) in [7, 11) is 0.